The van der Waals surface area contributed by atoms with Gasteiger partial charge in [0.25, 0.3) is 0 Å². The predicted molar refractivity (Wildman–Crippen MR) is 120 cm³/mol. The molecule has 3 heterocycles. The molecule has 0 aliphatic carbocycles. The SMILES string of the molecule is CCC(NCc1cn(-c2ccccc2F)nc1-c1cc(C)sc1C)c1ccncc1. The summed E-state index contributed by atoms with van der Waals surface area (Å²) in [4.78, 5) is 6.57. The van der Waals surface area contributed by atoms with Gasteiger partial charge in [-0.3, -0.25) is 4.98 Å². The lowest BCUT2D eigenvalue weighted by molar-refractivity contribution is 0.519. The first-order valence-corrected chi connectivity index (χ1v) is 10.9. The Balaban J connectivity index is 1.70. The third-order valence-electron chi connectivity index (χ3n) is 5.24. The van der Waals surface area contributed by atoms with Gasteiger partial charge >= 0.3 is 0 Å². The van der Waals surface area contributed by atoms with E-state index in [1.165, 1.54) is 21.4 Å². The molecule has 0 bridgehead atoms. The minimum absolute atomic E-state index is 0.211. The molecule has 0 saturated heterocycles. The van der Waals surface area contributed by atoms with E-state index >= 15 is 0 Å². The molecule has 4 nitrogen and oxygen atoms in total. The lowest BCUT2D eigenvalue weighted by Crippen LogP contribution is -2.20. The third kappa shape index (κ3) is 4.20. The molecule has 4 rings (SSSR count). The van der Waals surface area contributed by atoms with Gasteiger partial charge in [-0.15, -0.1) is 11.3 Å². The van der Waals surface area contributed by atoms with Crippen LogP contribution in [0.15, 0.2) is 61.1 Å². The summed E-state index contributed by atoms with van der Waals surface area (Å²) >= 11 is 1.76. The Morgan fingerprint density at radius 2 is 1.90 bits per heavy atom. The zero-order valence-electron chi connectivity index (χ0n) is 17.4. The summed E-state index contributed by atoms with van der Waals surface area (Å²) in [5, 5.41) is 8.44. The maximum absolute atomic E-state index is 14.4. The molecule has 154 valence electrons. The second-order valence-electron chi connectivity index (χ2n) is 7.35. The number of hydrogen-bond acceptors (Lipinski definition) is 4. The number of para-hydroxylation sites is 1. The van der Waals surface area contributed by atoms with Gasteiger partial charge in [0, 0.05) is 52.1 Å². The molecule has 0 saturated carbocycles. The van der Waals surface area contributed by atoms with E-state index in [4.69, 9.17) is 5.10 Å². The zero-order chi connectivity index (χ0) is 21.1. The van der Waals surface area contributed by atoms with E-state index in [-0.39, 0.29) is 11.9 Å². The van der Waals surface area contributed by atoms with Crippen molar-refractivity contribution in [3.63, 3.8) is 0 Å². The van der Waals surface area contributed by atoms with Crippen LogP contribution in [0.2, 0.25) is 0 Å². The molecule has 4 aromatic rings. The van der Waals surface area contributed by atoms with Gasteiger partial charge in [0.05, 0.1) is 5.69 Å². The van der Waals surface area contributed by atoms with Gasteiger partial charge in [-0.05, 0) is 56.2 Å². The van der Waals surface area contributed by atoms with E-state index in [9.17, 15) is 4.39 Å². The fraction of sp³-hybridized carbons (Fsp3) is 0.250. The van der Waals surface area contributed by atoms with Crippen LogP contribution in [0.5, 0.6) is 0 Å². The van der Waals surface area contributed by atoms with Crippen LogP contribution in [-0.2, 0) is 6.54 Å². The second-order valence-corrected chi connectivity index (χ2v) is 8.81. The number of nitrogens with zero attached hydrogens (tertiary/aromatic N) is 3. The maximum atomic E-state index is 14.4. The van der Waals surface area contributed by atoms with Crippen LogP contribution in [0.25, 0.3) is 16.9 Å². The Morgan fingerprint density at radius 3 is 2.57 bits per heavy atom. The molecule has 30 heavy (non-hydrogen) atoms. The van der Waals surface area contributed by atoms with Crippen molar-refractivity contribution in [2.24, 2.45) is 0 Å². The molecule has 1 unspecified atom stereocenters. The number of pyridine rings is 1. The monoisotopic (exact) mass is 420 g/mol. The minimum Gasteiger partial charge on any atom is -0.306 e. The van der Waals surface area contributed by atoms with E-state index in [1.54, 1.807) is 28.2 Å². The average Bonchev–Trinajstić information content (AvgIpc) is 3.31. The number of hydrogen-bond donors (Lipinski definition) is 1. The minimum atomic E-state index is -0.285. The number of aryl methyl sites for hydroxylation is 2. The molecular weight excluding hydrogens is 395 g/mol. The molecule has 1 aromatic carbocycles. The van der Waals surface area contributed by atoms with Crippen LogP contribution >= 0.6 is 11.3 Å². The van der Waals surface area contributed by atoms with Gasteiger partial charge in [0.2, 0.25) is 0 Å². The van der Waals surface area contributed by atoms with Gasteiger partial charge in [0.1, 0.15) is 11.5 Å². The highest BCUT2D eigenvalue weighted by Gasteiger charge is 2.18. The van der Waals surface area contributed by atoms with Crippen LogP contribution in [0.4, 0.5) is 4.39 Å². The average molecular weight is 421 g/mol. The Labute approximate surface area is 180 Å². The standard InChI is InChI=1S/C24H25FN4S/c1-4-22(18-9-11-26-12-10-18)27-14-19-15-29(23-8-6-5-7-21(23)25)28-24(19)20-13-16(2)30-17(20)3/h5-13,15,22,27H,4,14H2,1-3H3. The largest absolute Gasteiger partial charge is 0.306 e. The topological polar surface area (TPSA) is 42.7 Å². The zero-order valence-corrected chi connectivity index (χ0v) is 18.2. The summed E-state index contributed by atoms with van der Waals surface area (Å²) in [6.07, 6.45) is 6.53. The summed E-state index contributed by atoms with van der Waals surface area (Å²) in [5.74, 6) is -0.285. The first-order valence-electron chi connectivity index (χ1n) is 10.1. The summed E-state index contributed by atoms with van der Waals surface area (Å²) in [7, 11) is 0. The van der Waals surface area contributed by atoms with Crippen molar-refractivity contribution in [2.75, 3.05) is 0 Å². The predicted octanol–water partition coefficient (Wildman–Crippen LogP) is 5.99. The Morgan fingerprint density at radius 1 is 1.13 bits per heavy atom. The Kier molecular flexibility index (Phi) is 6.06. The highest BCUT2D eigenvalue weighted by Crippen LogP contribution is 2.33. The smallest absolute Gasteiger partial charge is 0.148 e. The van der Waals surface area contributed by atoms with Crippen LogP contribution in [0.1, 0.15) is 40.3 Å². The van der Waals surface area contributed by atoms with Crippen LogP contribution in [0.3, 0.4) is 0 Å². The number of thiophene rings is 1. The molecule has 0 aliphatic heterocycles. The lowest BCUT2D eigenvalue weighted by atomic mass is 10.0. The Bertz CT molecular complexity index is 1130. The first kappa shape index (κ1) is 20.4. The highest BCUT2D eigenvalue weighted by molar-refractivity contribution is 7.12. The Hall–Kier alpha value is -2.83. The van der Waals surface area contributed by atoms with E-state index in [0.717, 1.165) is 23.2 Å². The van der Waals surface area contributed by atoms with Crippen LogP contribution in [0, 0.1) is 19.7 Å². The second kappa shape index (κ2) is 8.90. The van der Waals surface area contributed by atoms with Crippen molar-refractivity contribution in [3.8, 4) is 16.9 Å². The molecule has 1 N–H and O–H groups in total. The molecule has 3 aromatic heterocycles. The fourth-order valence-electron chi connectivity index (χ4n) is 3.72. The molecule has 1 atom stereocenters. The number of halogens is 1. The molecule has 0 radical (unpaired) electrons. The van der Waals surface area contributed by atoms with Crippen molar-refractivity contribution in [2.45, 2.75) is 39.8 Å². The summed E-state index contributed by atoms with van der Waals surface area (Å²) < 4.78 is 16.1. The van der Waals surface area contributed by atoms with Crippen molar-refractivity contribution in [1.82, 2.24) is 20.1 Å². The van der Waals surface area contributed by atoms with Crippen molar-refractivity contribution in [3.05, 3.63) is 87.8 Å². The highest BCUT2D eigenvalue weighted by atomic mass is 32.1. The van der Waals surface area contributed by atoms with Gasteiger partial charge in [-0.25, -0.2) is 9.07 Å². The molecule has 0 spiro atoms. The molecule has 0 fully saturated rings. The van der Waals surface area contributed by atoms with Gasteiger partial charge in [-0.2, -0.15) is 5.10 Å². The van der Waals surface area contributed by atoms with E-state index < -0.39 is 0 Å². The summed E-state index contributed by atoms with van der Waals surface area (Å²) in [6.45, 7) is 7.01. The van der Waals surface area contributed by atoms with Gasteiger partial charge in [-0.1, -0.05) is 19.1 Å². The van der Waals surface area contributed by atoms with Crippen LogP contribution in [-0.4, -0.2) is 14.8 Å². The molecule has 6 heteroatoms. The van der Waals surface area contributed by atoms with Crippen LogP contribution < -0.4 is 5.32 Å². The molecular formula is C24H25FN4S. The number of rotatable bonds is 7. The van der Waals surface area contributed by atoms with Crippen molar-refractivity contribution < 1.29 is 4.39 Å². The third-order valence-corrected chi connectivity index (χ3v) is 6.21. The summed E-state index contributed by atoms with van der Waals surface area (Å²) in [5.41, 5.74) is 4.72. The number of benzene rings is 1. The number of aromatic nitrogens is 3. The van der Waals surface area contributed by atoms with E-state index in [0.29, 0.717) is 12.2 Å². The van der Waals surface area contributed by atoms with Crippen molar-refractivity contribution in [1.29, 1.82) is 0 Å². The molecule has 0 aliphatic rings. The maximum Gasteiger partial charge on any atom is 0.148 e. The quantitative estimate of drug-likeness (QED) is 0.399. The van der Waals surface area contributed by atoms with Gasteiger partial charge in [0.15, 0.2) is 0 Å². The normalized spacial score (nSPS) is 12.3. The summed E-state index contributed by atoms with van der Waals surface area (Å²) in [6, 6.07) is 13.2. The van der Waals surface area contributed by atoms with Gasteiger partial charge < -0.3 is 5.32 Å². The first-order chi connectivity index (χ1) is 14.6. The van der Waals surface area contributed by atoms with E-state index in [2.05, 4.69) is 37.1 Å². The fourth-order valence-corrected chi connectivity index (χ4v) is 4.64. The molecule has 0 amide bonds. The van der Waals surface area contributed by atoms with E-state index in [1.807, 2.05) is 36.8 Å². The lowest BCUT2D eigenvalue weighted by Gasteiger charge is -2.17. The number of nitrogens with one attached hydrogen (secondary N) is 1. The van der Waals surface area contributed by atoms with Crippen molar-refractivity contribution >= 4 is 11.3 Å².